The van der Waals surface area contributed by atoms with Crippen LogP contribution in [0.2, 0.25) is 0 Å². The molecule has 3 N–H and O–H groups in total. The van der Waals surface area contributed by atoms with Gasteiger partial charge in [0.1, 0.15) is 12.4 Å². The summed E-state index contributed by atoms with van der Waals surface area (Å²) in [7, 11) is 0. The van der Waals surface area contributed by atoms with Crippen LogP contribution in [0.1, 0.15) is 26.2 Å². The lowest BCUT2D eigenvalue weighted by Crippen LogP contribution is -2.47. The molecule has 0 aliphatic carbocycles. The number of primary amides is 1. The van der Waals surface area contributed by atoms with Crippen LogP contribution in [0, 0.1) is 17.6 Å². The van der Waals surface area contributed by atoms with Gasteiger partial charge >= 0.3 is 0 Å². The molecule has 2 rings (SSSR count). The molecular formula is C18H27F2IN4O2. The van der Waals surface area contributed by atoms with Gasteiger partial charge in [-0.3, -0.25) is 4.79 Å². The van der Waals surface area contributed by atoms with E-state index in [-0.39, 0.29) is 48.2 Å². The van der Waals surface area contributed by atoms with Crippen molar-refractivity contribution < 1.29 is 18.3 Å². The summed E-state index contributed by atoms with van der Waals surface area (Å²) in [5.41, 5.74) is 5.30. The summed E-state index contributed by atoms with van der Waals surface area (Å²) in [6.45, 7) is 4.77. The van der Waals surface area contributed by atoms with E-state index < -0.39 is 11.6 Å². The van der Waals surface area contributed by atoms with Gasteiger partial charge < -0.3 is 20.7 Å². The maximum atomic E-state index is 13.5. The van der Waals surface area contributed by atoms with Gasteiger partial charge in [0.2, 0.25) is 5.91 Å². The van der Waals surface area contributed by atoms with Crippen molar-refractivity contribution in [2.45, 2.75) is 26.2 Å². The molecule has 1 fully saturated rings. The molecule has 1 atom stereocenters. The van der Waals surface area contributed by atoms with Crippen LogP contribution >= 0.6 is 24.0 Å². The Bertz CT molecular complexity index is 646. The van der Waals surface area contributed by atoms with Gasteiger partial charge in [-0.2, -0.15) is 0 Å². The van der Waals surface area contributed by atoms with Crippen molar-refractivity contribution >= 4 is 35.8 Å². The van der Waals surface area contributed by atoms with Crippen molar-refractivity contribution in [2.24, 2.45) is 16.6 Å². The Labute approximate surface area is 175 Å². The minimum atomic E-state index is -0.730. The first kappa shape index (κ1) is 23.4. The second kappa shape index (κ2) is 11.9. The van der Waals surface area contributed by atoms with Gasteiger partial charge in [-0.1, -0.05) is 0 Å². The smallest absolute Gasteiger partial charge is 0.217 e. The second-order valence-corrected chi connectivity index (χ2v) is 6.28. The Kier molecular flexibility index (Phi) is 10.3. The molecule has 6 nitrogen and oxygen atoms in total. The number of halogens is 3. The van der Waals surface area contributed by atoms with Crippen LogP contribution in [0.5, 0.6) is 5.75 Å². The number of piperidine rings is 1. The number of likely N-dealkylation sites (tertiary alicyclic amines) is 1. The molecule has 0 aromatic heterocycles. The van der Waals surface area contributed by atoms with Gasteiger partial charge in [0.15, 0.2) is 17.5 Å². The molecule has 0 saturated carbocycles. The summed E-state index contributed by atoms with van der Waals surface area (Å²) < 4.78 is 31.7. The number of nitrogens with one attached hydrogen (secondary N) is 1. The summed E-state index contributed by atoms with van der Waals surface area (Å²) in [5.74, 6) is -0.678. The number of amides is 1. The second-order valence-electron chi connectivity index (χ2n) is 6.28. The lowest BCUT2D eigenvalue weighted by atomic mass is 9.95. The first-order chi connectivity index (χ1) is 12.5. The lowest BCUT2D eigenvalue weighted by molar-refractivity contribution is -0.119. The van der Waals surface area contributed by atoms with Gasteiger partial charge in [-0.25, -0.2) is 13.8 Å². The number of aliphatic imine (C=N–C) groups is 1. The first-order valence-corrected chi connectivity index (χ1v) is 8.89. The normalized spacial score (nSPS) is 17.2. The number of hydrogen-bond donors (Lipinski definition) is 2. The highest BCUT2D eigenvalue weighted by Crippen LogP contribution is 2.20. The molecule has 9 heteroatoms. The predicted octanol–water partition coefficient (Wildman–Crippen LogP) is 2.51. The fraction of sp³-hybridized carbons (Fsp3) is 0.556. The monoisotopic (exact) mass is 496 g/mol. The Morgan fingerprint density at radius 1 is 1.44 bits per heavy atom. The summed E-state index contributed by atoms with van der Waals surface area (Å²) in [4.78, 5) is 17.8. The minimum Gasteiger partial charge on any atom is -0.489 e. The third-order valence-corrected chi connectivity index (χ3v) is 4.15. The molecule has 1 aromatic rings. The molecule has 0 bridgehead atoms. The summed E-state index contributed by atoms with van der Waals surface area (Å²) in [6.07, 6.45) is 2.33. The average Bonchev–Trinajstić information content (AvgIpc) is 2.59. The molecule has 1 amide bonds. The van der Waals surface area contributed by atoms with Crippen LogP contribution in [0.15, 0.2) is 23.2 Å². The fourth-order valence-corrected chi connectivity index (χ4v) is 3.03. The number of hydrogen-bond acceptors (Lipinski definition) is 3. The zero-order valence-electron chi connectivity index (χ0n) is 15.4. The Morgan fingerprint density at radius 2 is 2.22 bits per heavy atom. The maximum Gasteiger partial charge on any atom is 0.217 e. The topological polar surface area (TPSA) is 80.0 Å². The zero-order chi connectivity index (χ0) is 18.9. The summed E-state index contributed by atoms with van der Waals surface area (Å²) in [5, 5.41) is 3.22. The number of carbonyl (C=O) groups is 1. The highest BCUT2D eigenvalue weighted by Gasteiger charge is 2.23. The quantitative estimate of drug-likeness (QED) is 0.263. The van der Waals surface area contributed by atoms with E-state index in [0.717, 1.165) is 44.0 Å². The van der Waals surface area contributed by atoms with Crippen LogP contribution in [-0.4, -0.2) is 49.6 Å². The third-order valence-electron chi connectivity index (χ3n) is 4.15. The fourth-order valence-electron chi connectivity index (χ4n) is 3.03. The molecule has 1 aromatic carbocycles. The number of rotatable bonds is 7. The van der Waals surface area contributed by atoms with Crippen LogP contribution in [0.25, 0.3) is 0 Å². The van der Waals surface area contributed by atoms with Gasteiger partial charge in [-0.05, 0) is 37.8 Å². The summed E-state index contributed by atoms with van der Waals surface area (Å²) in [6, 6.07) is 3.20. The van der Waals surface area contributed by atoms with E-state index in [2.05, 4.69) is 15.2 Å². The number of nitrogens with two attached hydrogens (primary N) is 1. The van der Waals surface area contributed by atoms with Crippen molar-refractivity contribution in [3.05, 3.63) is 29.8 Å². The standard InChI is InChI=1S/C18H26F2N4O2.HI/c1-2-22-18(24-8-3-4-13(12-24)10-17(21)25)23-7-9-26-16-6-5-14(19)11-15(16)20;/h5-6,11,13H,2-4,7-10,12H2,1H3,(H2,21,25)(H,22,23);1H. The van der Waals surface area contributed by atoms with Crippen molar-refractivity contribution in [1.29, 1.82) is 0 Å². The van der Waals surface area contributed by atoms with Crippen LogP contribution < -0.4 is 15.8 Å². The summed E-state index contributed by atoms with van der Waals surface area (Å²) >= 11 is 0. The van der Waals surface area contributed by atoms with Crippen molar-refractivity contribution in [1.82, 2.24) is 10.2 Å². The minimum absolute atomic E-state index is 0. The maximum absolute atomic E-state index is 13.5. The zero-order valence-corrected chi connectivity index (χ0v) is 17.7. The third kappa shape index (κ3) is 7.86. The van der Waals surface area contributed by atoms with Crippen LogP contribution in [0.3, 0.4) is 0 Å². The van der Waals surface area contributed by atoms with Gasteiger partial charge in [0, 0.05) is 32.1 Å². The molecule has 1 aliphatic heterocycles. The molecule has 152 valence electrons. The highest BCUT2D eigenvalue weighted by atomic mass is 127. The van der Waals surface area contributed by atoms with Crippen LogP contribution in [0.4, 0.5) is 8.78 Å². The molecule has 1 saturated heterocycles. The van der Waals surface area contributed by atoms with Crippen molar-refractivity contribution in [3.8, 4) is 5.75 Å². The van der Waals surface area contributed by atoms with Gasteiger partial charge in [0.05, 0.1) is 6.54 Å². The molecular weight excluding hydrogens is 469 g/mol. The van der Waals surface area contributed by atoms with Gasteiger partial charge in [0.25, 0.3) is 0 Å². The predicted molar refractivity (Wildman–Crippen MR) is 111 cm³/mol. The molecule has 27 heavy (non-hydrogen) atoms. The number of guanidine groups is 1. The van der Waals surface area contributed by atoms with E-state index in [4.69, 9.17) is 10.5 Å². The Morgan fingerprint density at radius 3 is 2.89 bits per heavy atom. The van der Waals surface area contributed by atoms with Crippen molar-refractivity contribution in [2.75, 3.05) is 32.8 Å². The largest absolute Gasteiger partial charge is 0.489 e. The Hall–Kier alpha value is -1.65. The molecule has 0 spiro atoms. The molecule has 1 unspecified atom stereocenters. The number of carbonyl (C=O) groups excluding carboxylic acids is 1. The van der Waals surface area contributed by atoms with E-state index in [9.17, 15) is 13.6 Å². The average molecular weight is 496 g/mol. The SMILES string of the molecule is CCNC(=NCCOc1ccc(F)cc1F)N1CCCC(CC(N)=O)C1.I. The first-order valence-electron chi connectivity index (χ1n) is 8.89. The van der Waals surface area contributed by atoms with E-state index in [1.807, 2.05) is 6.92 Å². The van der Waals surface area contributed by atoms with E-state index >= 15 is 0 Å². The molecule has 1 heterocycles. The van der Waals surface area contributed by atoms with Gasteiger partial charge in [-0.15, -0.1) is 24.0 Å². The van der Waals surface area contributed by atoms with Crippen molar-refractivity contribution in [3.63, 3.8) is 0 Å². The van der Waals surface area contributed by atoms with Crippen LogP contribution in [-0.2, 0) is 4.79 Å². The molecule has 0 radical (unpaired) electrons. The highest BCUT2D eigenvalue weighted by molar-refractivity contribution is 14.0. The lowest BCUT2D eigenvalue weighted by Gasteiger charge is -2.34. The Balaban J connectivity index is 0.00000364. The van der Waals surface area contributed by atoms with E-state index in [1.165, 1.54) is 6.07 Å². The number of ether oxygens (including phenoxy) is 1. The molecule has 1 aliphatic rings. The van der Waals surface area contributed by atoms with E-state index in [1.54, 1.807) is 0 Å². The number of nitrogens with zero attached hydrogens (tertiary/aromatic N) is 2. The van der Waals surface area contributed by atoms with E-state index in [0.29, 0.717) is 19.5 Å². The number of benzene rings is 1.